The highest BCUT2D eigenvalue weighted by Gasteiger charge is 2.30. The first-order valence-corrected chi connectivity index (χ1v) is 9.13. The van der Waals surface area contributed by atoms with Gasteiger partial charge < -0.3 is 19.8 Å². The van der Waals surface area contributed by atoms with Gasteiger partial charge >= 0.3 is 18.1 Å². The Hall–Kier alpha value is -3.17. The molecule has 0 aromatic heterocycles. The smallest absolute Gasteiger partial charge is 0.416 e. The number of hydrogen-bond donors (Lipinski definition) is 2. The van der Waals surface area contributed by atoms with Crippen LogP contribution in [0.3, 0.4) is 0 Å². The van der Waals surface area contributed by atoms with E-state index in [9.17, 15) is 22.8 Å². The number of aliphatic carboxylic acids is 2. The van der Waals surface area contributed by atoms with Crippen molar-refractivity contribution in [1.29, 1.82) is 0 Å². The Balaban J connectivity index is 0.000000512. The first kappa shape index (κ1) is 25.9. The van der Waals surface area contributed by atoms with E-state index >= 15 is 0 Å². The lowest BCUT2D eigenvalue weighted by molar-refractivity contribution is -0.137. The highest BCUT2D eigenvalue weighted by Crippen LogP contribution is 2.32. The molecule has 0 aliphatic heterocycles. The summed E-state index contributed by atoms with van der Waals surface area (Å²) in [4.78, 5) is 21.1. The highest BCUT2D eigenvalue weighted by molar-refractivity contribution is 5.89. The second-order valence-corrected chi connectivity index (χ2v) is 6.59. The average molecular weight is 439 g/mol. The van der Waals surface area contributed by atoms with Gasteiger partial charge in [0.15, 0.2) is 0 Å². The van der Waals surface area contributed by atoms with Gasteiger partial charge in [-0.1, -0.05) is 42.5 Å². The van der Waals surface area contributed by atoms with Crippen LogP contribution in [-0.2, 0) is 20.5 Å². The lowest BCUT2D eigenvalue weighted by Gasteiger charge is -2.21. The number of carboxylic acid groups (broad SMARTS) is 2. The fourth-order valence-electron chi connectivity index (χ4n) is 2.36. The number of nitrogens with zero attached hydrogens (tertiary/aromatic N) is 1. The summed E-state index contributed by atoms with van der Waals surface area (Å²) < 4.78 is 44.0. The fraction of sp³-hybridized carbons (Fsp3) is 0.273. The molecule has 2 aromatic carbocycles. The molecule has 31 heavy (non-hydrogen) atoms. The second-order valence-electron chi connectivity index (χ2n) is 6.59. The Bertz CT molecular complexity index is 834. The first-order chi connectivity index (χ1) is 14.5. The minimum atomic E-state index is -4.33. The molecular formula is C22H24F3NO5. The molecular weight excluding hydrogens is 415 g/mol. The Labute approximate surface area is 178 Å². The summed E-state index contributed by atoms with van der Waals surface area (Å²) in [6.45, 7) is 1.23. The summed E-state index contributed by atoms with van der Waals surface area (Å²) in [7, 11) is 3.89. The molecule has 9 heteroatoms. The standard InChI is InChI=1S/C18H20F3NO.C4H4O4/c1-22(2)12-13-23-17(14-6-4-3-5-7-14)15-8-10-16(11-9-15)18(19,20)21;5-3(6)1-2-4(7)8/h3-11,17H,12-13H2,1-2H3;1-2H,(H,5,6)(H,7,8)/b;2-1+. The van der Waals surface area contributed by atoms with E-state index in [0.717, 1.165) is 24.2 Å². The van der Waals surface area contributed by atoms with E-state index < -0.39 is 23.7 Å². The summed E-state index contributed by atoms with van der Waals surface area (Å²) in [6.07, 6.45) is -3.59. The van der Waals surface area contributed by atoms with E-state index in [4.69, 9.17) is 14.9 Å². The molecule has 0 aliphatic carbocycles. The minimum Gasteiger partial charge on any atom is -0.478 e. The van der Waals surface area contributed by atoms with Crippen molar-refractivity contribution >= 4 is 11.9 Å². The number of rotatable bonds is 8. The molecule has 2 aromatic rings. The normalized spacial score (nSPS) is 12.3. The number of halogens is 3. The topological polar surface area (TPSA) is 87.1 Å². The molecule has 0 heterocycles. The van der Waals surface area contributed by atoms with Crippen LogP contribution >= 0.6 is 0 Å². The lowest BCUT2D eigenvalue weighted by atomic mass is 10.00. The van der Waals surface area contributed by atoms with Crippen LogP contribution in [0, 0.1) is 0 Å². The van der Waals surface area contributed by atoms with Crippen molar-refractivity contribution in [1.82, 2.24) is 4.90 Å². The zero-order valence-electron chi connectivity index (χ0n) is 17.0. The largest absolute Gasteiger partial charge is 0.478 e. The van der Waals surface area contributed by atoms with Crippen LogP contribution in [0.2, 0.25) is 0 Å². The molecule has 6 nitrogen and oxygen atoms in total. The molecule has 0 saturated heterocycles. The maximum Gasteiger partial charge on any atom is 0.416 e. The van der Waals surface area contributed by atoms with Gasteiger partial charge in [-0.3, -0.25) is 0 Å². The summed E-state index contributed by atoms with van der Waals surface area (Å²) >= 11 is 0. The molecule has 168 valence electrons. The number of likely N-dealkylation sites (N-methyl/N-ethyl adjacent to an activating group) is 1. The molecule has 0 spiro atoms. The molecule has 0 saturated carbocycles. The van der Waals surface area contributed by atoms with Gasteiger partial charge in [0.2, 0.25) is 0 Å². The summed E-state index contributed by atoms with van der Waals surface area (Å²) in [5, 5.41) is 15.6. The van der Waals surface area contributed by atoms with Crippen molar-refractivity contribution in [2.75, 3.05) is 27.2 Å². The van der Waals surface area contributed by atoms with E-state index in [-0.39, 0.29) is 6.10 Å². The SMILES string of the molecule is CN(C)CCOC(c1ccccc1)c1ccc(C(F)(F)F)cc1.O=C(O)/C=C/C(=O)O. The lowest BCUT2D eigenvalue weighted by Crippen LogP contribution is -2.20. The maximum absolute atomic E-state index is 12.7. The number of ether oxygens (including phenoxy) is 1. The number of carbonyl (C=O) groups is 2. The van der Waals surface area contributed by atoms with Crippen LogP contribution in [-0.4, -0.2) is 54.3 Å². The Morgan fingerprint density at radius 2 is 1.42 bits per heavy atom. The average Bonchev–Trinajstić information content (AvgIpc) is 2.70. The third kappa shape index (κ3) is 10.4. The van der Waals surface area contributed by atoms with E-state index in [2.05, 4.69) is 0 Å². The van der Waals surface area contributed by atoms with E-state index in [1.54, 1.807) is 0 Å². The van der Waals surface area contributed by atoms with Gasteiger partial charge in [0.25, 0.3) is 0 Å². The van der Waals surface area contributed by atoms with Crippen LogP contribution in [0.15, 0.2) is 66.7 Å². The predicted molar refractivity (Wildman–Crippen MR) is 109 cm³/mol. The molecule has 0 radical (unpaired) electrons. The molecule has 1 unspecified atom stereocenters. The number of hydrogen-bond acceptors (Lipinski definition) is 4. The monoisotopic (exact) mass is 439 g/mol. The van der Waals surface area contributed by atoms with E-state index in [0.29, 0.717) is 24.3 Å². The van der Waals surface area contributed by atoms with Crippen LogP contribution in [0.4, 0.5) is 13.2 Å². The van der Waals surface area contributed by atoms with Gasteiger partial charge in [-0.05, 0) is 37.4 Å². The van der Waals surface area contributed by atoms with Gasteiger partial charge in [-0.2, -0.15) is 13.2 Å². The molecule has 1 atom stereocenters. The number of alkyl halides is 3. The van der Waals surface area contributed by atoms with Gasteiger partial charge in [0.05, 0.1) is 12.2 Å². The fourth-order valence-corrected chi connectivity index (χ4v) is 2.36. The van der Waals surface area contributed by atoms with Crippen LogP contribution in [0.25, 0.3) is 0 Å². The third-order valence-corrected chi connectivity index (χ3v) is 3.83. The van der Waals surface area contributed by atoms with Crippen molar-refractivity contribution in [3.05, 3.63) is 83.4 Å². The zero-order chi connectivity index (χ0) is 23.4. The summed E-state index contributed by atoms with van der Waals surface area (Å²) in [5.74, 6) is -2.51. The highest BCUT2D eigenvalue weighted by atomic mass is 19.4. The Morgan fingerprint density at radius 3 is 1.84 bits per heavy atom. The number of benzene rings is 2. The van der Waals surface area contributed by atoms with Crippen molar-refractivity contribution in [3.63, 3.8) is 0 Å². The van der Waals surface area contributed by atoms with E-state index in [1.165, 1.54) is 12.1 Å². The first-order valence-electron chi connectivity index (χ1n) is 9.13. The summed E-state index contributed by atoms with van der Waals surface area (Å²) in [6, 6.07) is 14.7. The molecule has 0 amide bonds. The van der Waals surface area contributed by atoms with Crippen LogP contribution in [0.5, 0.6) is 0 Å². The van der Waals surface area contributed by atoms with Crippen LogP contribution < -0.4 is 0 Å². The minimum absolute atomic E-state index is 0.376. The van der Waals surface area contributed by atoms with Gasteiger partial charge in [0.1, 0.15) is 6.10 Å². The Kier molecular flexibility index (Phi) is 10.4. The molecule has 0 bridgehead atoms. The molecule has 0 aliphatic rings. The van der Waals surface area contributed by atoms with E-state index in [1.807, 2.05) is 49.3 Å². The predicted octanol–water partition coefficient (Wildman–Crippen LogP) is 4.08. The summed E-state index contributed by atoms with van der Waals surface area (Å²) in [5.41, 5.74) is 0.982. The second kappa shape index (κ2) is 12.5. The number of carboxylic acids is 2. The quantitative estimate of drug-likeness (QED) is 0.603. The van der Waals surface area contributed by atoms with Gasteiger partial charge in [-0.25, -0.2) is 9.59 Å². The van der Waals surface area contributed by atoms with Gasteiger partial charge in [-0.15, -0.1) is 0 Å². The molecule has 0 fully saturated rings. The van der Waals surface area contributed by atoms with Crippen molar-refractivity contribution in [3.8, 4) is 0 Å². The third-order valence-electron chi connectivity index (χ3n) is 3.83. The van der Waals surface area contributed by atoms with Crippen LogP contribution in [0.1, 0.15) is 22.8 Å². The molecule has 2 N–H and O–H groups in total. The maximum atomic E-state index is 12.7. The molecule has 2 rings (SSSR count). The Morgan fingerprint density at radius 1 is 0.935 bits per heavy atom. The van der Waals surface area contributed by atoms with Crippen molar-refractivity contribution in [2.45, 2.75) is 12.3 Å². The van der Waals surface area contributed by atoms with Crippen molar-refractivity contribution in [2.24, 2.45) is 0 Å². The van der Waals surface area contributed by atoms with Crippen molar-refractivity contribution < 1.29 is 37.7 Å². The van der Waals surface area contributed by atoms with Gasteiger partial charge in [0, 0.05) is 18.7 Å². The zero-order valence-corrected chi connectivity index (χ0v) is 17.0.